The molecule has 0 bridgehead atoms. The highest BCUT2D eigenvalue weighted by molar-refractivity contribution is 6.46. The van der Waals surface area contributed by atoms with Crippen LogP contribution in [0.2, 0.25) is 0 Å². The second kappa shape index (κ2) is 14.2. The maximum atomic E-state index is 13.4. The van der Waals surface area contributed by atoms with Crippen LogP contribution in [0.25, 0.3) is 5.76 Å². The van der Waals surface area contributed by atoms with Crippen molar-refractivity contribution in [3.05, 3.63) is 58.7 Å². The van der Waals surface area contributed by atoms with Crippen molar-refractivity contribution in [2.45, 2.75) is 53.0 Å². The highest BCUT2D eigenvalue weighted by Gasteiger charge is 2.46. The molecule has 0 aromatic heterocycles. The van der Waals surface area contributed by atoms with Crippen molar-refractivity contribution >= 4 is 17.4 Å². The first-order valence-corrected chi connectivity index (χ1v) is 14.1. The van der Waals surface area contributed by atoms with Crippen molar-refractivity contribution in [1.29, 1.82) is 0 Å². The van der Waals surface area contributed by atoms with Crippen LogP contribution in [0.15, 0.2) is 42.0 Å². The molecule has 1 fully saturated rings. The number of rotatable bonds is 14. The van der Waals surface area contributed by atoms with E-state index in [0.717, 1.165) is 24.8 Å². The molecule has 8 heteroatoms. The van der Waals surface area contributed by atoms with Gasteiger partial charge in [-0.25, -0.2) is 0 Å². The van der Waals surface area contributed by atoms with Gasteiger partial charge < -0.3 is 29.1 Å². The van der Waals surface area contributed by atoms with Crippen LogP contribution < -0.4 is 14.2 Å². The summed E-state index contributed by atoms with van der Waals surface area (Å²) in [4.78, 5) is 30.2. The Morgan fingerprint density at radius 3 is 2.38 bits per heavy atom. The molecule has 2 aromatic rings. The Morgan fingerprint density at radius 1 is 1.02 bits per heavy atom. The van der Waals surface area contributed by atoms with Crippen molar-refractivity contribution in [1.82, 2.24) is 9.80 Å². The zero-order valence-electron chi connectivity index (χ0n) is 25.0. The number of aliphatic hydroxyl groups is 1. The summed E-state index contributed by atoms with van der Waals surface area (Å²) in [5, 5.41) is 11.5. The van der Waals surface area contributed by atoms with Gasteiger partial charge in [0.2, 0.25) is 0 Å². The zero-order chi connectivity index (χ0) is 29.4. The molecular weight excluding hydrogens is 508 g/mol. The number of hydrogen-bond acceptors (Lipinski definition) is 7. The van der Waals surface area contributed by atoms with Gasteiger partial charge in [0.15, 0.2) is 11.5 Å². The summed E-state index contributed by atoms with van der Waals surface area (Å²) in [6.45, 7) is 10.2. The molecule has 1 amide bonds. The highest BCUT2D eigenvalue weighted by Crippen LogP contribution is 2.42. The van der Waals surface area contributed by atoms with Crippen LogP contribution in [-0.4, -0.2) is 74.1 Å². The minimum atomic E-state index is -0.778. The molecule has 1 saturated heterocycles. The number of methoxy groups -OCH3 is 1. The van der Waals surface area contributed by atoms with Gasteiger partial charge >= 0.3 is 0 Å². The van der Waals surface area contributed by atoms with Gasteiger partial charge in [0.05, 0.1) is 31.9 Å². The van der Waals surface area contributed by atoms with E-state index in [1.165, 1.54) is 4.90 Å². The lowest BCUT2D eigenvalue weighted by molar-refractivity contribution is -0.140. The number of nitrogens with zero attached hydrogens (tertiary/aromatic N) is 2. The van der Waals surface area contributed by atoms with Gasteiger partial charge in [0, 0.05) is 18.7 Å². The molecule has 1 heterocycles. The number of likely N-dealkylation sites (N-methyl/N-ethyl adjacent to an activating group) is 1. The predicted octanol–water partition coefficient (Wildman–Crippen LogP) is 5.59. The third-order valence-electron chi connectivity index (χ3n) is 6.86. The topological polar surface area (TPSA) is 88.5 Å². The fourth-order valence-electron chi connectivity index (χ4n) is 4.64. The van der Waals surface area contributed by atoms with Gasteiger partial charge in [0.1, 0.15) is 11.5 Å². The number of carbonyl (C=O) groups excluding carboxylic acids is 2. The molecular formula is C32H44N2O6. The second-order valence-electron chi connectivity index (χ2n) is 10.9. The third-order valence-corrected chi connectivity index (χ3v) is 6.86. The van der Waals surface area contributed by atoms with Gasteiger partial charge in [0.25, 0.3) is 11.7 Å². The minimum absolute atomic E-state index is 0.0534. The highest BCUT2D eigenvalue weighted by atomic mass is 16.5. The first-order chi connectivity index (χ1) is 19.1. The number of unbranched alkanes of at least 4 members (excludes halogenated alkanes) is 2. The van der Waals surface area contributed by atoms with Crippen LogP contribution in [-0.2, 0) is 9.59 Å². The molecule has 1 N–H and O–H groups in total. The van der Waals surface area contributed by atoms with Crippen molar-refractivity contribution in [3.8, 4) is 17.2 Å². The quantitative estimate of drug-likeness (QED) is 0.141. The Balaban J connectivity index is 2.06. The molecule has 1 unspecified atom stereocenters. The summed E-state index contributed by atoms with van der Waals surface area (Å²) >= 11 is 0. The molecule has 40 heavy (non-hydrogen) atoms. The van der Waals surface area contributed by atoms with Gasteiger partial charge in [-0.2, -0.15) is 0 Å². The Bertz CT molecular complexity index is 1220. The summed E-state index contributed by atoms with van der Waals surface area (Å²) in [5.74, 6) is 0.630. The summed E-state index contributed by atoms with van der Waals surface area (Å²) in [7, 11) is 5.38. The average molecular weight is 553 g/mol. The van der Waals surface area contributed by atoms with E-state index in [1.807, 2.05) is 32.0 Å². The lowest BCUT2D eigenvalue weighted by Crippen LogP contribution is -2.35. The lowest BCUT2D eigenvalue weighted by Gasteiger charge is -2.27. The summed E-state index contributed by atoms with van der Waals surface area (Å²) in [6, 6.07) is 9.93. The molecule has 0 spiro atoms. The van der Waals surface area contributed by atoms with Gasteiger partial charge in [-0.15, -0.1) is 0 Å². The lowest BCUT2D eigenvalue weighted by atomic mass is 9.94. The number of amides is 1. The number of hydrogen-bond donors (Lipinski definition) is 1. The third kappa shape index (κ3) is 7.36. The van der Waals surface area contributed by atoms with Crippen LogP contribution in [0.5, 0.6) is 17.2 Å². The molecule has 0 saturated carbocycles. The molecule has 1 aliphatic heterocycles. The maximum absolute atomic E-state index is 13.4. The van der Waals surface area contributed by atoms with Crippen molar-refractivity contribution in [2.24, 2.45) is 5.92 Å². The number of Topliss-reactive ketones (excluding diaryl/α,β-unsaturated/α-hetero) is 1. The van der Waals surface area contributed by atoms with Crippen LogP contribution >= 0.6 is 0 Å². The number of ether oxygens (including phenoxy) is 3. The molecule has 2 aromatic carbocycles. The first kappa shape index (κ1) is 31.0. The molecule has 1 aliphatic rings. The number of likely N-dealkylation sites (tertiary alicyclic amines) is 1. The van der Waals surface area contributed by atoms with Crippen molar-refractivity contribution in [2.75, 3.05) is 47.5 Å². The zero-order valence-corrected chi connectivity index (χ0v) is 25.0. The average Bonchev–Trinajstić information content (AvgIpc) is 3.17. The molecule has 1 atom stereocenters. The van der Waals surface area contributed by atoms with E-state index >= 15 is 0 Å². The molecule has 0 radical (unpaired) electrons. The Hall–Kier alpha value is -3.52. The second-order valence-corrected chi connectivity index (χ2v) is 10.9. The van der Waals surface area contributed by atoms with Crippen LogP contribution in [0.3, 0.4) is 0 Å². The van der Waals surface area contributed by atoms with Gasteiger partial charge in [-0.3, -0.25) is 9.59 Å². The number of ketones is 1. The normalized spacial score (nSPS) is 16.7. The van der Waals surface area contributed by atoms with Crippen LogP contribution in [0, 0.1) is 12.8 Å². The van der Waals surface area contributed by atoms with Crippen molar-refractivity contribution < 1.29 is 28.9 Å². The molecule has 3 rings (SSSR count). The minimum Gasteiger partial charge on any atom is -0.507 e. The van der Waals surface area contributed by atoms with Crippen LogP contribution in [0.1, 0.15) is 62.8 Å². The predicted molar refractivity (Wildman–Crippen MR) is 157 cm³/mol. The van der Waals surface area contributed by atoms with E-state index < -0.39 is 17.7 Å². The summed E-state index contributed by atoms with van der Waals surface area (Å²) in [5.41, 5.74) is 1.99. The number of aliphatic hydroxyl groups excluding tert-OH is 1. The summed E-state index contributed by atoms with van der Waals surface area (Å²) < 4.78 is 17.4. The van der Waals surface area contributed by atoms with E-state index in [1.54, 1.807) is 37.4 Å². The number of aryl methyl sites for hydroxylation is 1. The van der Waals surface area contributed by atoms with E-state index in [2.05, 4.69) is 20.8 Å². The Labute approximate surface area is 238 Å². The van der Waals surface area contributed by atoms with E-state index in [4.69, 9.17) is 14.2 Å². The van der Waals surface area contributed by atoms with E-state index in [-0.39, 0.29) is 11.3 Å². The number of benzene rings is 2. The SMILES string of the molecule is CCCCCOc1ccc(C2C(=C(O)c3ccc(OCC(C)C)c(C)c3)C(=O)C(=O)N2CCN(C)C)cc1OC. The monoisotopic (exact) mass is 552 g/mol. The molecule has 8 nitrogen and oxygen atoms in total. The molecule has 0 aliphatic carbocycles. The largest absolute Gasteiger partial charge is 0.507 e. The van der Waals surface area contributed by atoms with Gasteiger partial charge in [-0.05, 0) is 74.8 Å². The van der Waals surface area contributed by atoms with E-state index in [0.29, 0.717) is 60.6 Å². The van der Waals surface area contributed by atoms with Crippen molar-refractivity contribution in [3.63, 3.8) is 0 Å². The van der Waals surface area contributed by atoms with E-state index in [9.17, 15) is 14.7 Å². The smallest absolute Gasteiger partial charge is 0.295 e. The van der Waals surface area contributed by atoms with Gasteiger partial charge in [-0.1, -0.05) is 39.7 Å². The van der Waals surface area contributed by atoms with Crippen LogP contribution in [0.4, 0.5) is 0 Å². The summed E-state index contributed by atoms with van der Waals surface area (Å²) in [6.07, 6.45) is 3.11. The first-order valence-electron chi connectivity index (χ1n) is 14.1. The fourth-order valence-corrected chi connectivity index (χ4v) is 4.64. The fraction of sp³-hybridized carbons (Fsp3) is 0.500. The Morgan fingerprint density at radius 2 is 1.75 bits per heavy atom. The molecule has 218 valence electrons. The Kier molecular flexibility index (Phi) is 11.0. The standard InChI is InChI=1S/C32H44N2O6/c1-8-9-10-17-39-26-14-11-23(19-27(26)38-7)29-28(31(36)32(37)34(29)16-15-33(5)6)30(35)24-12-13-25(22(4)18-24)40-20-21(2)3/h11-14,18-19,21,29,35H,8-10,15-17,20H2,1-7H3. The number of carbonyl (C=O) groups is 2. The maximum Gasteiger partial charge on any atom is 0.295 e.